The Morgan fingerprint density at radius 1 is 1.00 bits per heavy atom. The summed E-state index contributed by atoms with van der Waals surface area (Å²) in [6.45, 7) is 2.97. The van der Waals surface area contributed by atoms with E-state index in [1.807, 2.05) is 24.3 Å². The summed E-state index contributed by atoms with van der Waals surface area (Å²) in [6, 6.07) is 16.4. The van der Waals surface area contributed by atoms with E-state index in [0.29, 0.717) is 32.4 Å². The third-order valence-corrected chi connectivity index (χ3v) is 8.14. The number of amides is 2. The van der Waals surface area contributed by atoms with Crippen LogP contribution in [0.3, 0.4) is 0 Å². The van der Waals surface area contributed by atoms with Crippen molar-refractivity contribution in [1.29, 1.82) is 0 Å². The molecule has 1 saturated carbocycles. The molecule has 2 aromatic rings. The Kier molecular flexibility index (Phi) is 6.26. The van der Waals surface area contributed by atoms with Gasteiger partial charge in [-0.2, -0.15) is 0 Å². The van der Waals surface area contributed by atoms with Crippen LogP contribution in [0.5, 0.6) is 0 Å². The molecule has 7 heteroatoms. The molecule has 2 fully saturated rings. The molecule has 1 aliphatic heterocycles. The van der Waals surface area contributed by atoms with Gasteiger partial charge in [-0.1, -0.05) is 48.5 Å². The number of nitrogens with zero attached hydrogens (tertiary/aromatic N) is 1. The van der Waals surface area contributed by atoms with Crippen molar-refractivity contribution in [3.63, 3.8) is 0 Å². The highest BCUT2D eigenvalue weighted by molar-refractivity contribution is 5.81. The molecule has 1 heterocycles. The summed E-state index contributed by atoms with van der Waals surface area (Å²) in [5.74, 6) is -0.836. The molecule has 0 aromatic heterocycles. The van der Waals surface area contributed by atoms with E-state index in [9.17, 15) is 19.5 Å². The summed E-state index contributed by atoms with van der Waals surface area (Å²) in [7, 11) is 0. The normalized spacial score (nSPS) is 22.8. The van der Waals surface area contributed by atoms with Crippen molar-refractivity contribution >= 4 is 18.0 Å². The number of benzene rings is 2. The van der Waals surface area contributed by atoms with E-state index >= 15 is 0 Å². The lowest BCUT2D eigenvalue weighted by atomic mass is 9.80. The third kappa shape index (κ3) is 4.51. The van der Waals surface area contributed by atoms with Crippen LogP contribution < -0.4 is 5.32 Å². The van der Waals surface area contributed by atoms with Gasteiger partial charge in [-0.25, -0.2) is 4.79 Å². The van der Waals surface area contributed by atoms with Gasteiger partial charge in [0.05, 0.1) is 5.41 Å². The van der Waals surface area contributed by atoms with E-state index in [4.69, 9.17) is 4.74 Å². The second kappa shape index (κ2) is 9.36. The van der Waals surface area contributed by atoms with Crippen LogP contribution in [0.25, 0.3) is 11.1 Å². The van der Waals surface area contributed by atoms with Crippen molar-refractivity contribution in [1.82, 2.24) is 10.2 Å². The van der Waals surface area contributed by atoms with Crippen LogP contribution in [0, 0.1) is 11.3 Å². The number of carbonyl (C=O) groups excluding carboxylic acids is 2. The number of ether oxygens (including phenoxy) is 1. The molecule has 0 spiro atoms. The first-order valence-electron chi connectivity index (χ1n) is 12.5. The number of rotatable bonds is 5. The van der Waals surface area contributed by atoms with Crippen LogP contribution in [-0.4, -0.2) is 53.7 Å². The number of nitrogens with one attached hydrogen (secondary N) is 1. The minimum Gasteiger partial charge on any atom is -0.481 e. The fourth-order valence-corrected chi connectivity index (χ4v) is 5.84. The molecule has 7 nitrogen and oxygen atoms in total. The first-order chi connectivity index (χ1) is 16.9. The number of aliphatic carboxylic acids is 1. The number of carbonyl (C=O) groups is 3. The van der Waals surface area contributed by atoms with E-state index in [2.05, 4.69) is 29.6 Å². The number of carboxylic acid groups (broad SMARTS) is 1. The Balaban J connectivity index is 1.12. The lowest BCUT2D eigenvalue weighted by Gasteiger charge is -2.37. The largest absolute Gasteiger partial charge is 0.481 e. The highest BCUT2D eigenvalue weighted by atomic mass is 16.5. The molecule has 3 aliphatic rings. The van der Waals surface area contributed by atoms with Crippen LogP contribution in [0.4, 0.5) is 4.79 Å². The maximum absolute atomic E-state index is 13.0. The molecule has 2 unspecified atom stereocenters. The average molecular weight is 477 g/mol. The van der Waals surface area contributed by atoms with Gasteiger partial charge in [0.25, 0.3) is 0 Å². The molecule has 184 valence electrons. The molecular weight excluding hydrogens is 444 g/mol. The standard InChI is InChI=1S/C28H32N2O5/c1-28(26(32)33)12-14-30(15-13-28)25(31)18-10-11-19(16-18)29-27(34)35-17-24-22-8-4-2-6-20(22)21-7-3-5-9-23(21)24/h2-9,18-19,24H,10-17H2,1H3,(H,29,34)(H,32,33). The molecule has 0 radical (unpaired) electrons. The fraction of sp³-hybridized carbons (Fsp3) is 0.464. The van der Waals surface area contributed by atoms with E-state index in [1.165, 1.54) is 22.3 Å². The highest BCUT2D eigenvalue weighted by Gasteiger charge is 2.40. The molecule has 2 N–H and O–H groups in total. The quantitative estimate of drug-likeness (QED) is 0.667. The van der Waals surface area contributed by atoms with Gasteiger partial charge in [0.1, 0.15) is 6.61 Å². The summed E-state index contributed by atoms with van der Waals surface area (Å²) in [4.78, 5) is 38.8. The monoisotopic (exact) mass is 476 g/mol. The van der Waals surface area contributed by atoms with Crippen LogP contribution >= 0.6 is 0 Å². The summed E-state index contributed by atoms with van der Waals surface area (Å²) in [6.07, 6.45) is 2.56. The van der Waals surface area contributed by atoms with E-state index in [-0.39, 0.29) is 30.4 Å². The van der Waals surface area contributed by atoms with E-state index in [0.717, 1.165) is 12.8 Å². The van der Waals surface area contributed by atoms with Crippen molar-refractivity contribution in [2.45, 2.75) is 51.0 Å². The number of carboxylic acids is 1. The van der Waals surface area contributed by atoms with Crippen LogP contribution in [-0.2, 0) is 14.3 Å². The lowest BCUT2D eigenvalue weighted by Crippen LogP contribution is -2.47. The summed E-state index contributed by atoms with van der Waals surface area (Å²) < 4.78 is 5.66. The predicted octanol–water partition coefficient (Wildman–Crippen LogP) is 4.41. The molecule has 5 rings (SSSR count). The van der Waals surface area contributed by atoms with Gasteiger partial charge in [0.2, 0.25) is 5.91 Å². The molecule has 1 saturated heterocycles. The van der Waals surface area contributed by atoms with Crippen LogP contribution in [0.15, 0.2) is 48.5 Å². The zero-order valence-electron chi connectivity index (χ0n) is 20.0. The topological polar surface area (TPSA) is 95.9 Å². The van der Waals surface area contributed by atoms with Gasteiger partial charge in [0, 0.05) is 31.0 Å². The lowest BCUT2D eigenvalue weighted by molar-refractivity contribution is -0.153. The maximum Gasteiger partial charge on any atom is 0.407 e. The minimum atomic E-state index is -0.794. The van der Waals surface area contributed by atoms with Gasteiger partial charge >= 0.3 is 12.1 Å². The van der Waals surface area contributed by atoms with Crippen molar-refractivity contribution in [3.8, 4) is 11.1 Å². The Morgan fingerprint density at radius 2 is 1.60 bits per heavy atom. The smallest absolute Gasteiger partial charge is 0.407 e. The molecule has 2 atom stereocenters. The molecule has 0 bridgehead atoms. The SMILES string of the molecule is CC1(C(=O)O)CCN(C(=O)C2CCC(NC(=O)OCC3c4ccccc4-c4ccccc43)C2)CC1. The average Bonchev–Trinajstić information content (AvgIpc) is 3.45. The van der Waals surface area contributed by atoms with Crippen molar-refractivity contribution < 1.29 is 24.2 Å². The molecule has 2 aliphatic carbocycles. The third-order valence-electron chi connectivity index (χ3n) is 8.14. The first-order valence-corrected chi connectivity index (χ1v) is 12.5. The van der Waals surface area contributed by atoms with Crippen LogP contribution in [0.2, 0.25) is 0 Å². The first kappa shape index (κ1) is 23.4. The van der Waals surface area contributed by atoms with Crippen LogP contribution in [0.1, 0.15) is 56.1 Å². The molecular formula is C28H32N2O5. The Labute approximate surface area is 205 Å². The number of piperidine rings is 1. The fourth-order valence-electron chi connectivity index (χ4n) is 5.84. The summed E-state index contributed by atoms with van der Waals surface area (Å²) >= 11 is 0. The second-order valence-corrected chi connectivity index (χ2v) is 10.4. The maximum atomic E-state index is 13.0. The van der Waals surface area contributed by atoms with Gasteiger partial charge in [-0.15, -0.1) is 0 Å². The van der Waals surface area contributed by atoms with Gasteiger partial charge in [-0.05, 0) is 61.3 Å². The predicted molar refractivity (Wildman–Crippen MR) is 131 cm³/mol. The minimum absolute atomic E-state index is 0.0154. The van der Waals surface area contributed by atoms with Gasteiger partial charge in [-0.3, -0.25) is 9.59 Å². The zero-order chi connectivity index (χ0) is 24.6. The van der Waals surface area contributed by atoms with E-state index < -0.39 is 17.5 Å². The molecule has 2 aromatic carbocycles. The van der Waals surface area contributed by atoms with Gasteiger partial charge in [0.15, 0.2) is 0 Å². The number of alkyl carbamates (subject to hydrolysis) is 1. The zero-order valence-corrected chi connectivity index (χ0v) is 20.0. The molecule has 2 amide bonds. The Morgan fingerprint density at radius 3 is 2.20 bits per heavy atom. The van der Waals surface area contributed by atoms with E-state index in [1.54, 1.807) is 11.8 Å². The number of hydrogen-bond acceptors (Lipinski definition) is 4. The van der Waals surface area contributed by atoms with Gasteiger partial charge < -0.3 is 20.1 Å². The van der Waals surface area contributed by atoms with Crippen molar-refractivity contribution in [2.75, 3.05) is 19.7 Å². The Bertz CT molecular complexity index is 1090. The Hall–Kier alpha value is -3.35. The number of likely N-dealkylation sites (tertiary alicyclic amines) is 1. The van der Waals surface area contributed by atoms with Crippen molar-refractivity contribution in [2.24, 2.45) is 11.3 Å². The number of fused-ring (bicyclic) bond motifs is 3. The number of hydrogen-bond donors (Lipinski definition) is 2. The summed E-state index contributed by atoms with van der Waals surface area (Å²) in [5.41, 5.74) is 3.98. The summed E-state index contributed by atoms with van der Waals surface area (Å²) in [5, 5.41) is 12.4. The molecule has 35 heavy (non-hydrogen) atoms. The van der Waals surface area contributed by atoms with Crippen molar-refractivity contribution in [3.05, 3.63) is 59.7 Å². The highest BCUT2D eigenvalue weighted by Crippen LogP contribution is 2.44. The second-order valence-electron chi connectivity index (χ2n) is 10.4.